The van der Waals surface area contributed by atoms with E-state index in [1.54, 1.807) is 25.7 Å². The summed E-state index contributed by atoms with van der Waals surface area (Å²) >= 11 is 0. The Morgan fingerprint density at radius 2 is 2.05 bits per heavy atom. The highest BCUT2D eigenvalue weighted by atomic mass is 16.5. The van der Waals surface area contributed by atoms with Crippen LogP contribution in [-0.4, -0.2) is 64.7 Å². The van der Waals surface area contributed by atoms with Gasteiger partial charge in [-0.05, 0) is 20.8 Å². The van der Waals surface area contributed by atoms with E-state index in [4.69, 9.17) is 9.47 Å². The zero-order valence-corrected chi connectivity index (χ0v) is 12.5. The average molecular weight is 296 g/mol. The van der Waals surface area contributed by atoms with Gasteiger partial charge >= 0.3 is 5.97 Å². The molecule has 1 aromatic heterocycles. The molecule has 0 bridgehead atoms. The maximum Gasteiger partial charge on any atom is 0.360 e. The number of ether oxygens (including phenoxy) is 2. The molecule has 1 saturated heterocycles. The summed E-state index contributed by atoms with van der Waals surface area (Å²) in [6.45, 7) is 7.68. The molecule has 0 N–H and O–H groups in total. The highest BCUT2D eigenvalue weighted by Crippen LogP contribution is 2.15. The molecule has 1 amide bonds. The van der Waals surface area contributed by atoms with Gasteiger partial charge in [0, 0.05) is 13.1 Å². The lowest BCUT2D eigenvalue weighted by molar-refractivity contribution is -0.138. The monoisotopic (exact) mass is 296 g/mol. The number of carbonyl (C=O) groups is 2. The molecule has 0 spiro atoms. The van der Waals surface area contributed by atoms with Gasteiger partial charge in [0.2, 0.25) is 5.91 Å². The van der Waals surface area contributed by atoms with Crippen LogP contribution in [0.5, 0.6) is 0 Å². The number of esters is 1. The minimum absolute atomic E-state index is 0.0540. The third-order valence-electron chi connectivity index (χ3n) is 3.44. The Hall–Kier alpha value is -1.96. The average Bonchev–Trinajstić information content (AvgIpc) is 2.88. The number of nitrogens with zero attached hydrogens (tertiary/aromatic N) is 4. The summed E-state index contributed by atoms with van der Waals surface area (Å²) in [4.78, 5) is 25.9. The van der Waals surface area contributed by atoms with Crippen molar-refractivity contribution in [3.8, 4) is 0 Å². The summed E-state index contributed by atoms with van der Waals surface area (Å²) in [5.74, 6) is -0.575. The quantitative estimate of drug-likeness (QED) is 0.737. The van der Waals surface area contributed by atoms with Crippen LogP contribution in [0.1, 0.15) is 36.1 Å². The third-order valence-corrected chi connectivity index (χ3v) is 3.44. The summed E-state index contributed by atoms with van der Waals surface area (Å²) in [6, 6.07) is -0.515. The first kappa shape index (κ1) is 15.4. The van der Waals surface area contributed by atoms with Gasteiger partial charge in [0.1, 0.15) is 6.04 Å². The zero-order valence-electron chi connectivity index (χ0n) is 12.5. The number of hydrogen-bond donors (Lipinski definition) is 0. The summed E-state index contributed by atoms with van der Waals surface area (Å²) < 4.78 is 11.6. The molecule has 1 atom stereocenters. The molecule has 1 aliphatic heterocycles. The van der Waals surface area contributed by atoms with E-state index in [9.17, 15) is 9.59 Å². The van der Waals surface area contributed by atoms with Crippen LogP contribution in [0.25, 0.3) is 0 Å². The van der Waals surface area contributed by atoms with Crippen molar-refractivity contribution in [1.82, 2.24) is 19.9 Å². The molecule has 1 unspecified atom stereocenters. The van der Waals surface area contributed by atoms with Crippen LogP contribution in [0.4, 0.5) is 0 Å². The van der Waals surface area contributed by atoms with Crippen molar-refractivity contribution < 1.29 is 19.1 Å². The van der Waals surface area contributed by atoms with Crippen LogP contribution in [0.15, 0.2) is 0 Å². The second-order valence-corrected chi connectivity index (χ2v) is 4.80. The van der Waals surface area contributed by atoms with E-state index in [2.05, 4.69) is 10.3 Å². The summed E-state index contributed by atoms with van der Waals surface area (Å²) in [7, 11) is 0. The molecule has 0 radical (unpaired) electrons. The van der Waals surface area contributed by atoms with Crippen molar-refractivity contribution in [3.05, 3.63) is 11.4 Å². The molecule has 2 rings (SSSR count). The van der Waals surface area contributed by atoms with Crippen LogP contribution >= 0.6 is 0 Å². The molecular weight excluding hydrogens is 276 g/mol. The van der Waals surface area contributed by atoms with Gasteiger partial charge < -0.3 is 14.4 Å². The minimum atomic E-state index is -0.521. The first-order chi connectivity index (χ1) is 10.1. The fraction of sp³-hybridized carbons (Fsp3) is 0.692. The Morgan fingerprint density at radius 1 is 1.38 bits per heavy atom. The SMILES string of the molecule is CCOC(=O)c1nnn(C(C)C(=O)N2CCOCC2)c1C. The van der Waals surface area contributed by atoms with Gasteiger partial charge in [-0.15, -0.1) is 5.10 Å². The predicted octanol–water partition coefficient (Wildman–Crippen LogP) is 0.183. The smallest absolute Gasteiger partial charge is 0.360 e. The van der Waals surface area contributed by atoms with Gasteiger partial charge in [-0.3, -0.25) is 4.79 Å². The van der Waals surface area contributed by atoms with Crippen molar-refractivity contribution in [1.29, 1.82) is 0 Å². The van der Waals surface area contributed by atoms with E-state index in [0.29, 0.717) is 32.0 Å². The lowest BCUT2D eigenvalue weighted by atomic mass is 10.2. The molecular formula is C13H20N4O4. The van der Waals surface area contributed by atoms with Gasteiger partial charge in [0.15, 0.2) is 5.69 Å². The maximum atomic E-state index is 12.4. The summed E-state index contributed by atoms with van der Waals surface area (Å²) in [5, 5.41) is 7.75. The van der Waals surface area contributed by atoms with E-state index < -0.39 is 12.0 Å². The fourth-order valence-electron chi connectivity index (χ4n) is 2.25. The van der Waals surface area contributed by atoms with Crippen LogP contribution < -0.4 is 0 Å². The Bertz CT molecular complexity index is 522. The van der Waals surface area contributed by atoms with Gasteiger partial charge in [0.05, 0.1) is 25.5 Å². The number of morpholine rings is 1. The molecule has 116 valence electrons. The first-order valence-electron chi connectivity index (χ1n) is 7.01. The molecule has 0 aromatic carbocycles. The Labute approximate surface area is 123 Å². The zero-order chi connectivity index (χ0) is 15.4. The van der Waals surface area contributed by atoms with E-state index in [1.807, 2.05) is 0 Å². The third kappa shape index (κ3) is 3.21. The molecule has 8 nitrogen and oxygen atoms in total. The molecule has 1 aromatic rings. The van der Waals surface area contributed by atoms with E-state index in [1.165, 1.54) is 4.68 Å². The van der Waals surface area contributed by atoms with Crippen molar-refractivity contribution >= 4 is 11.9 Å². The van der Waals surface area contributed by atoms with Gasteiger partial charge in [-0.1, -0.05) is 5.21 Å². The van der Waals surface area contributed by atoms with Gasteiger partial charge in [-0.2, -0.15) is 0 Å². The molecule has 2 heterocycles. The van der Waals surface area contributed by atoms with E-state index >= 15 is 0 Å². The largest absolute Gasteiger partial charge is 0.461 e. The minimum Gasteiger partial charge on any atom is -0.461 e. The Balaban J connectivity index is 2.13. The number of hydrogen-bond acceptors (Lipinski definition) is 6. The summed E-state index contributed by atoms with van der Waals surface area (Å²) in [5.41, 5.74) is 0.682. The fourth-order valence-corrected chi connectivity index (χ4v) is 2.25. The van der Waals surface area contributed by atoms with E-state index in [-0.39, 0.29) is 18.2 Å². The normalized spacial score (nSPS) is 16.6. The van der Waals surface area contributed by atoms with Crippen molar-refractivity contribution in [2.45, 2.75) is 26.8 Å². The maximum absolute atomic E-state index is 12.4. The van der Waals surface area contributed by atoms with Crippen molar-refractivity contribution in [2.75, 3.05) is 32.9 Å². The lowest BCUT2D eigenvalue weighted by Gasteiger charge is -2.29. The predicted molar refractivity (Wildman–Crippen MR) is 72.8 cm³/mol. The lowest BCUT2D eigenvalue weighted by Crippen LogP contribution is -2.44. The van der Waals surface area contributed by atoms with Crippen LogP contribution in [-0.2, 0) is 14.3 Å². The highest BCUT2D eigenvalue weighted by Gasteiger charge is 2.27. The summed E-state index contributed by atoms with van der Waals surface area (Å²) in [6.07, 6.45) is 0. The van der Waals surface area contributed by atoms with Crippen LogP contribution in [0.2, 0.25) is 0 Å². The number of amides is 1. The Morgan fingerprint density at radius 3 is 2.67 bits per heavy atom. The molecule has 21 heavy (non-hydrogen) atoms. The number of aromatic nitrogens is 3. The van der Waals surface area contributed by atoms with E-state index in [0.717, 1.165) is 0 Å². The molecule has 1 aliphatic rings. The second kappa shape index (κ2) is 6.66. The van der Waals surface area contributed by atoms with Crippen molar-refractivity contribution in [2.24, 2.45) is 0 Å². The molecule has 0 aliphatic carbocycles. The van der Waals surface area contributed by atoms with Crippen LogP contribution in [0.3, 0.4) is 0 Å². The van der Waals surface area contributed by atoms with Crippen molar-refractivity contribution in [3.63, 3.8) is 0 Å². The van der Waals surface area contributed by atoms with Crippen LogP contribution in [0, 0.1) is 6.92 Å². The molecule has 1 fully saturated rings. The highest BCUT2D eigenvalue weighted by molar-refractivity contribution is 5.88. The number of rotatable bonds is 4. The van der Waals surface area contributed by atoms with Gasteiger partial charge in [-0.25, -0.2) is 9.48 Å². The Kier molecular flexibility index (Phi) is 4.89. The molecule has 0 saturated carbocycles. The second-order valence-electron chi connectivity index (χ2n) is 4.80. The standard InChI is InChI=1S/C13H20N4O4/c1-4-21-13(19)11-9(2)17(15-14-11)10(3)12(18)16-5-7-20-8-6-16/h10H,4-8H2,1-3H3. The van der Waals surface area contributed by atoms with Gasteiger partial charge in [0.25, 0.3) is 0 Å². The molecule has 8 heteroatoms. The first-order valence-corrected chi connectivity index (χ1v) is 7.01. The number of carbonyl (C=O) groups excluding carboxylic acids is 2. The topological polar surface area (TPSA) is 86.5 Å².